The minimum absolute atomic E-state index is 0.263. The van der Waals surface area contributed by atoms with Crippen LogP contribution < -0.4 is 10.6 Å². The molecule has 1 amide bonds. The van der Waals surface area contributed by atoms with Crippen molar-refractivity contribution in [2.75, 3.05) is 10.6 Å². The zero-order valence-electron chi connectivity index (χ0n) is 13.9. The molecule has 1 heterocycles. The number of benzene rings is 2. The third kappa shape index (κ3) is 4.22. The van der Waals surface area contributed by atoms with Crippen LogP contribution in [0.3, 0.4) is 0 Å². The van der Waals surface area contributed by atoms with Gasteiger partial charge in [-0.15, -0.1) is 0 Å². The SMILES string of the molecule is Cc1ccc(C)c(NC(=O)c2cnc(Nc3ccccc3Br)cn2)c1. The Morgan fingerprint density at radius 3 is 2.52 bits per heavy atom. The minimum atomic E-state index is -0.284. The predicted molar refractivity (Wildman–Crippen MR) is 103 cm³/mol. The molecule has 0 saturated carbocycles. The van der Waals surface area contributed by atoms with Crippen molar-refractivity contribution in [2.24, 2.45) is 0 Å². The fourth-order valence-electron chi connectivity index (χ4n) is 2.27. The number of rotatable bonds is 4. The zero-order chi connectivity index (χ0) is 17.8. The molecule has 5 nitrogen and oxygen atoms in total. The van der Waals surface area contributed by atoms with Crippen molar-refractivity contribution in [3.8, 4) is 0 Å². The second-order valence-corrected chi connectivity index (χ2v) is 6.52. The van der Waals surface area contributed by atoms with Crippen molar-refractivity contribution in [2.45, 2.75) is 13.8 Å². The lowest BCUT2D eigenvalue weighted by molar-refractivity contribution is 0.102. The second kappa shape index (κ2) is 7.44. The van der Waals surface area contributed by atoms with Gasteiger partial charge in [0.05, 0.1) is 18.1 Å². The number of amides is 1. The van der Waals surface area contributed by atoms with E-state index in [-0.39, 0.29) is 11.6 Å². The molecule has 126 valence electrons. The average Bonchev–Trinajstić information content (AvgIpc) is 2.61. The third-order valence-corrected chi connectivity index (χ3v) is 4.35. The summed E-state index contributed by atoms with van der Waals surface area (Å²) in [4.78, 5) is 20.8. The summed E-state index contributed by atoms with van der Waals surface area (Å²) in [7, 11) is 0. The van der Waals surface area contributed by atoms with E-state index in [1.54, 1.807) is 0 Å². The number of hydrogen-bond acceptors (Lipinski definition) is 4. The Morgan fingerprint density at radius 2 is 1.80 bits per heavy atom. The van der Waals surface area contributed by atoms with E-state index in [1.165, 1.54) is 12.4 Å². The van der Waals surface area contributed by atoms with Crippen molar-refractivity contribution >= 4 is 39.0 Å². The van der Waals surface area contributed by atoms with Crippen LogP contribution in [-0.2, 0) is 0 Å². The minimum Gasteiger partial charge on any atom is -0.338 e. The number of carbonyl (C=O) groups is 1. The highest BCUT2D eigenvalue weighted by Gasteiger charge is 2.10. The summed E-state index contributed by atoms with van der Waals surface area (Å²) in [6, 6.07) is 13.6. The first-order valence-electron chi connectivity index (χ1n) is 7.75. The molecule has 3 aromatic rings. The molecule has 1 aromatic heterocycles. The summed E-state index contributed by atoms with van der Waals surface area (Å²) in [5.74, 6) is 0.281. The Labute approximate surface area is 154 Å². The predicted octanol–water partition coefficient (Wildman–Crippen LogP) is 4.85. The largest absolute Gasteiger partial charge is 0.338 e. The van der Waals surface area contributed by atoms with Gasteiger partial charge in [0, 0.05) is 10.2 Å². The van der Waals surface area contributed by atoms with Gasteiger partial charge in [-0.05, 0) is 59.1 Å². The number of hydrogen-bond donors (Lipinski definition) is 2. The number of aryl methyl sites for hydroxylation is 2. The van der Waals surface area contributed by atoms with E-state index in [0.717, 1.165) is 27.0 Å². The van der Waals surface area contributed by atoms with Crippen LogP contribution in [0.1, 0.15) is 21.6 Å². The van der Waals surface area contributed by atoms with E-state index in [2.05, 4.69) is 36.5 Å². The number of halogens is 1. The molecule has 25 heavy (non-hydrogen) atoms. The van der Waals surface area contributed by atoms with Crippen LogP contribution >= 0.6 is 15.9 Å². The topological polar surface area (TPSA) is 66.9 Å². The van der Waals surface area contributed by atoms with E-state index in [0.29, 0.717) is 5.82 Å². The summed E-state index contributed by atoms with van der Waals surface area (Å²) >= 11 is 3.47. The van der Waals surface area contributed by atoms with Crippen molar-refractivity contribution in [3.63, 3.8) is 0 Å². The van der Waals surface area contributed by atoms with Gasteiger partial charge in [0.25, 0.3) is 5.91 Å². The molecule has 0 bridgehead atoms. The highest BCUT2D eigenvalue weighted by Crippen LogP contribution is 2.24. The number of aromatic nitrogens is 2. The van der Waals surface area contributed by atoms with Gasteiger partial charge in [-0.25, -0.2) is 9.97 Å². The highest BCUT2D eigenvalue weighted by molar-refractivity contribution is 9.10. The lowest BCUT2D eigenvalue weighted by atomic mass is 10.1. The monoisotopic (exact) mass is 396 g/mol. The Hall–Kier alpha value is -2.73. The summed E-state index contributed by atoms with van der Waals surface area (Å²) in [5.41, 5.74) is 4.00. The summed E-state index contributed by atoms with van der Waals surface area (Å²) in [5, 5.41) is 6.03. The molecule has 6 heteroatoms. The summed E-state index contributed by atoms with van der Waals surface area (Å²) < 4.78 is 0.925. The maximum absolute atomic E-state index is 12.4. The molecule has 0 unspecified atom stereocenters. The third-order valence-electron chi connectivity index (χ3n) is 3.66. The van der Waals surface area contributed by atoms with Crippen molar-refractivity contribution in [3.05, 3.63) is 76.2 Å². The standard InChI is InChI=1S/C19H17BrN4O/c1-12-7-8-13(2)16(9-12)24-19(25)17-10-22-18(11-21-17)23-15-6-4-3-5-14(15)20/h3-11H,1-2H3,(H,22,23)(H,24,25). The maximum Gasteiger partial charge on any atom is 0.275 e. The highest BCUT2D eigenvalue weighted by atomic mass is 79.9. The molecule has 2 aromatic carbocycles. The molecule has 0 atom stereocenters. The molecule has 0 aliphatic rings. The Balaban J connectivity index is 1.72. The smallest absolute Gasteiger partial charge is 0.275 e. The van der Waals surface area contributed by atoms with Gasteiger partial charge < -0.3 is 10.6 Å². The fourth-order valence-corrected chi connectivity index (χ4v) is 2.65. The molecule has 0 saturated heterocycles. The molecular formula is C19H17BrN4O. The van der Waals surface area contributed by atoms with Crippen LogP contribution in [0.25, 0.3) is 0 Å². The normalized spacial score (nSPS) is 10.4. The average molecular weight is 397 g/mol. The summed E-state index contributed by atoms with van der Waals surface area (Å²) in [6.07, 6.45) is 3.00. The van der Waals surface area contributed by atoms with Gasteiger partial charge in [0.1, 0.15) is 11.5 Å². The first-order valence-corrected chi connectivity index (χ1v) is 8.54. The van der Waals surface area contributed by atoms with Crippen molar-refractivity contribution in [1.29, 1.82) is 0 Å². The number of nitrogens with one attached hydrogen (secondary N) is 2. The van der Waals surface area contributed by atoms with Crippen LogP contribution in [-0.4, -0.2) is 15.9 Å². The molecule has 0 aliphatic heterocycles. The number of carbonyl (C=O) groups excluding carboxylic acids is 1. The molecule has 2 N–H and O–H groups in total. The first kappa shape index (κ1) is 17.1. The van der Waals surface area contributed by atoms with E-state index in [9.17, 15) is 4.79 Å². The molecule has 0 spiro atoms. The lowest BCUT2D eigenvalue weighted by Gasteiger charge is -2.10. The van der Waals surface area contributed by atoms with Gasteiger partial charge in [-0.1, -0.05) is 24.3 Å². The Morgan fingerprint density at radius 1 is 1.00 bits per heavy atom. The number of nitrogens with zero attached hydrogens (tertiary/aromatic N) is 2. The quantitative estimate of drug-likeness (QED) is 0.661. The Kier molecular flexibility index (Phi) is 5.09. The molecule has 0 fully saturated rings. The summed E-state index contributed by atoms with van der Waals surface area (Å²) in [6.45, 7) is 3.93. The first-order chi connectivity index (χ1) is 12.0. The van der Waals surface area contributed by atoms with E-state index in [4.69, 9.17) is 0 Å². The second-order valence-electron chi connectivity index (χ2n) is 5.66. The molecule has 3 rings (SSSR count). The van der Waals surface area contributed by atoms with Crippen LogP contribution in [0.5, 0.6) is 0 Å². The Bertz CT molecular complexity index is 910. The maximum atomic E-state index is 12.4. The van der Waals surface area contributed by atoms with Gasteiger partial charge in [-0.2, -0.15) is 0 Å². The van der Waals surface area contributed by atoms with Crippen LogP contribution in [0, 0.1) is 13.8 Å². The number of para-hydroxylation sites is 1. The van der Waals surface area contributed by atoms with Crippen LogP contribution in [0.4, 0.5) is 17.2 Å². The van der Waals surface area contributed by atoms with E-state index >= 15 is 0 Å². The molecule has 0 aliphatic carbocycles. The van der Waals surface area contributed by atoms with Crippen molar-refractivity contribution < 1.29 is 4.79 Å². The van der Waals surface area contributed by atoms with E-state index < -0.39 is 0 Å². The van der Waals surface area contributed by atoms with E-state index in [1.807, 2.05) is 56.3 Å². The van der Waals surface area contributed by atoms with Gasteiger partial charge >= 0.3 is 0 Å². The van der Waals surface area contributed by atoms with Crippen LogP contribution in [0.2, 0.25) is 0 Å². The zero-order valence-corrected chi connectivity index (χ0v) is 15.5. The van der Waals surface area contributed by atoms with Gasteiger partial charge in [0.2, 0.25) is 0 Å². The number of anilines is 3. The molecular weight excluding hydrogens is 380 g/mol. The van der Waals surface area contributed by atoms with Crippen LogP contribution in [0.15, 0.2) is 59.3 Å². The van der Waals surface area contributed by atoms with Crippen molar-refractivity contribution in [1.82, 2.24) is 9.97 Å². The fraction of sp³-hybridized carbons (Fsp3) is 0.105. The van der Waals surface area contributed by atoms with Gasteiger partial charge in [0.15, 0.2) is 0 Å². The van der Waals surface area contributed by atoms with Gasteiger partial charge in [-0.3, -0.25) is 4.79 Å². The lowest BCUT2D eigenvalue weighted by Crippen LogP contribution is -2.15. The molecule has 0 radical (unpaired) electrons.